The molecule has 1 aromatic heterocycles. The van der Waals surface area contributed by atoms with Gasteiger partial charge in [0.15, 0.2) is 0 Å². The van der Waals surface area contributed by atoms with Crippen molar-refractivity contribution in [2.75, 3.05) is 7.11 Å². The Morgan fingerprint density at radius 2 is 1.71 bits per heavy atom. The number of oxazole rings is 1. The first-order chi connectivity index (χ1) is 13.6. The van der Waals surface area contributed by atoms with Crippen LogP contribution >= 0.6 is 11.6 Å². The van der Waals surface area contributed by atoms with Crippen molar-refractivity contribution in [1.82, 2.24) is 4.98 Å². The van der Waals surface area contributed by atoms with Gasteiger partial charge in [-0.3, -0.25) is 4.79 Å². The molecule has 4 aromatic rings. The van der Waals surface area contributed by atoms with Crippen LogP contribution in [0.4, 0.5) is 0 Å². The summed E-state index contributed by atoms with van der Waals surface area (Å²) in [5, 5.41) is 2.92. The molecule has 28 heavy (non-hydrogen) atoms. The second-order valence-corrected chi connectivity index (χ2v) is 6.87. The topological polar surface area (TPSA) is 52.3 Å². The molecule has 0 unspecified atom stereocenters. The smallest absolute Gasteiger partial charge is 0.305 e. The Hall–Kier alpha value is -3.11. The van der Waals surface area contributed by atoms with Gasteiger partial charge < -0.3 is 9.15 Å². The molecule has 0 saturated heterocycles. The summed E-state index contributed by atoms with van der Waals surface area (Å²) in [5.74, 6) is 0.886. The normalized spacial score (nSPS) is 10.9. The van der Waals surface area contributed by atoms with E-state index in [1.165, 1.54) is 7.11 Å². The maximum Gasteiger partial charge on any atom is 0.305 e. The molecule has 4 nitrogen and oxygen atoms in total. The molecule has 0 spiro atoms. The highest BCUT2D eigenvalue weighted by Gasteiger charge is 2.18. The Morgan fingerprint density at radius 1 is 1.00 bits per heavy atom. The Bertz CT molecular complexity index is 1130. The van der Waals surface area contributed by atoms with E-state index < -0.39 is 0 Å². The van der Waals surface area contributed by atoms with Gasteiger partial charge in [-0.25, -0.2) is 4.98 Å². The number of rotatable bonds is 5. The number of benzene rings is 3. The second kappa shape index (κ2) is 7.87. The lowest BCUT2D eigenvalue weighted by molar-refractivity contribution is -0.140. The van der Waals surface area contributed by atoms with E-state index in [9.17, 15) is 4.79 Å². The predicted molar refractivity (Wildman–Crippen MR) is 110 cm³/mol. The maximum atomic E-state index is 11.6. The number of hydrogen-bond donors (Lipinski definition) is 0. The average molecular weight is 392 g/mol. The number of aromatic nitrogens is 1. The van der Waals surface area contributed by atoms with Crippen molar-refractivity contribution in [3.05, 3.63) is 77.5 Å². The van der Waals surface area contributed by atoms with E-state index in [2.05, 4.69) is 18.2 Å². The van der Waals surface area contributed by atoms with Crippen LogP contribution in [0.3, 0.4) is 0 Å². The molecular weight excluding hydrogens is 374 g/mol. The second-order valence-electron chi connectivity index (χ2n) is 6.44. The molecule has 0 N–H and O–H groups in total. The highest BCUT2D eigenvalue weighted by atomic mass is 35.5. The Kier molecular flexibility index (Phi) is 5.13. The van der Waals surface area contributed by atoms with Crippen LogP contribution in [0.1, 0.15) is 12.2 Å². The highest BCUT2D eigenvalue weighted by molar-refractivity contribution is 6.30. The molecule has 0 radical (unpaired) electrons. The maximum absolute atomic E-state index is 11.6. The number of esters is 1. The zero-order valence-corrected chi connectivity index (χ0v) is 16.1. The lowest BCUT2D eigenvalue weighted by Gasteiger charge is -2.01. The summed E-state index contributed by atoms with van der Waals surface area (Å²) < 4.78 is 10.8. The number of nitrogens with zero attached hydrogens (tertiary/aromatic N) is 1. The molecule has 0 aliphatic carbocycles. The van der Waals surface area contributed by atoms with Crippen LogP contribution < -0.4 is 0 Å². The van der Waals surface area contributed by atoms with Crippen LogP contribution in [-0.4, -0.2) is 18.1 Å². The van der Waals surface area contributed by atoms with Crippen LogP contribution in [0.5, 0.6) is 0 Å². The first kappa shape index (κ1) is 18.3. The molecule has 1 heterocycles. The lowest BCUT2D eigenvalue weighted by atomic mass is 10.1. The number of aryl methyl sites for hydroxylation is 1. The molecule has 0 atom stereocenters. The fourth-order valence-corrected chi connectivity index (χ4v) is 3.24. The van der Waals surface area contributed by atoms with Crippen LogP contribution in [-0.2, 0) is 16.0 Å². The van der Waals surface area contributed by atoms with E-state index in [4.69, 9.17) is 25.7 Å². The van der Waals surface area contributed by atoms with Gasteiger partial charge in [0.05, 0.1) is 13.5 Å². The van der Waals surface area contributed by atoms with Crippen molar-refractivity contribution in [2.45, 2.75) is 12.8 Å². The van der Waals surface area contributed by atoms with Crippen molar-refractivity contribution in [3.63, 3.8) is 0 Å². The number of halogens is 1. The third-order valence-electron chi connectivity index (χ3n) is 4.60. The highest BCUT2D eigenvalue weighted by Crippen LogP contribution is 2.32. The lowest BCUT2D eigenvalue weighted by Crippen LogP contribution is -2.02. The zero-order valence-electron chi connectivity index (χ0n) is 15.3. The fraction of sp³-hybridized carbons (Fsp3) is 0.130. The van der Waals surface area contributed by atoms with E-state index in [1.807, 2.05) is 48.5 Å². The first-order valence-corrected chi connectivity index (χ1v) is 9.33. The molecule has 0 aliphatic rings. The molecule has 5 heteroatoms. The van der Waals surface area contributed by atoms with Crippen molar-refractivity contribution in [3.8, 4) is 22.7 Å². The third-order valence-corrected chi connectivity index (χ3v) is 4.85. The van der Waals surface area contributed by atoms with Crippen molar-refractivity contribution < 1.29 is 13.9 Å². The summed E-state index contributed by atoms with van der Waals surface area (Å²) in [6.07, 6.45) is 0.634. The van der Waals surface area contributed by atoms with Crippen molar-refractivity contribution >= 4 is 28.3 Å². The summed E-state index contributed by atoms with van der Waals surface area (Å²) >= 11 is 6.01. The Labute approximate surface area is 167 Å². The predicted octanol–water partition coefficient (Wildman–Crippen LogP) is 5.92. The molecule has 0 fully saturated rings. The number of carbonyl (C=O) groups excluding carboxylic acids is 1. The standard InChI is InChI=1S/C23H18ClNO3/c1-27-21(26)13-12-20-22(16-8-10-19(24)11-9-16)25-23(28-20)18-7-6-15-4-2-3-5-17(15)14-18/h2-11,14H,12-13H2,1H3. The van der Waals surface area contributed by atoms with Gasteiger partial charge >= 0.3 is 5.97 Å². The van der Waals surface area contributed by atoms with Gasteiger partial charge in [0.2, 0.25) is 5.89 Å². The molecule has 0 aliphatic heterocycles. The third kappa shape index (κ3) is 3.78. The molecule has 0 bridgehead atoms. The Morgan fingerprint density at radius 3 is 2.46 bits per heavy atom. The monoisotopic (exact) mass is 391 g/mol. The van der Waals surface area contributed by atoms with Crippen LogP contribution in [0.2, 0.25) is 5.02 Å². The number of ether oxygens (including phenoxy) is 1. The summed E-state index contributed by atoms with van der Waals surface area (Å²) in [6.45, 7) is 0. The van der Waals surface area contributed by atoms with E-state index in [-0.39, 0.29) is 12.4 Å². The van der Waals surface area contributed by atoms with E-state index in [0.717, 1.165) is 21.9 Å². The van der Waals surface area contributed by atoms with Gasteiger partial charge in [-0.15, -0.1) is 0 Å². The van der Waals surface area contributed by atoms with Crippen molar-refractivity contribution in [1.29, 1.82) is 0 Å². The zero-order chi connectivity index (χ0) is 19.5. The van der Waals surface area contributed by atoms with Gasteiger partial charge in [-0.1, -0.05) is 54.1 Å². The molecule has 4 rings (SSSR count). The first-order valence-electron chi connectivity index (χ1n) is 8.95. The van der Waals surface area contributed by atoms with Gasteiger partial charge in [-0.2, -0.15) is 0 Å². The largest absolute Gasteiger partial charge is 0.469 e. The van der Waals surface area contributed by atoms with E-state index in [0.29, 0.717) is 28.8 Å². The van der Waals surface area contributed by atoms with E-state index in [1.54, 1.807) is 0 Å². The van der Waals surface area contributed by atoms with E-state index >= 15 is 0 Å². The number of carbonyl (C=O) groups is 1. The summed E-state index contributed by atoms with van der Waals surface area (Å²) in [5.41, 5.74) is 2.49. The van der Waals surface area contributed by atoms with Gasteiger partial charge in [-0.05, 0) is 35.0 Å². The minimum atomic E-state index is -0.286. The molecular formula is C23H18ClNO3. The number of methoxy groups -OCH3 is 1. The molecule has 0 saturated carbocycles. The molecule has 140 valence electrons. The SMILES string of the molecule is COC(=O)CCc1oc(-c2ccc3ccccc3c2)nc1-c1ccc(Cl)cc1. The quantitative estimate of drug-likeness (QED) is 0.396. The summed E-state index contributed by atoms with van der Waals surface area (Å²) in [6, 6.07) is 21.6. The summed E-state index contributed by atoms with van der Waals surface area (Å²) in [7, 11) is 1.38. The summed E-state index contributed by atoms with van der Waals surface area (Å²) in [4.78, 5) is 16.3. The van der Waals surface area contributed by atoms with Crippen LogP contribution in [0.15, 0.2) is 71.1 Å². The fourth-order valence-electron chi connectivity index (χ4n) is 3.12. The van der Waals surface area contributed by atoms with Crippen molar-refractivity contribution in [2.24, 2.45) is 0 Å². The minimum absolute atomic E-state index is 0.226. The van der Waals surface area contributed by atoms with Gasteiger partial charge in [0.25, 0.3) is 0 Å². The van der Waals surface area contributed by atoms with Crippen LogP contribution in [0.25, 0.3) is 33.5 Å². The molecule has 3 aromatic carbocycles. The Balaban J connectivity index is 1.76. The average Bonchev–Trinajstić information content (AvgIpc) is 3.16. The van der Waals surface area contributed by atoms with Gasteiger partial charge in [0.1, 0.15) is 11.5 Å². The minimum Gasteiger partial charge on any atom is -0.469 e. The van der Waals surface area contributed by atoms with Gasteiger partial charge in [0, 0.05) is 22.6 Å². The number of fused-ring (bicyclic) bond motifs is 1. The van der Waals surface area contributed by atoms with Crippen LogP contribution in [0, 0.1) is 0 Å². The number of hydrogen-bond acceptors (Lipinski definition) is 4. The molecule has 0 amide bonds.